The molecule has 1 atom stereocenters. The zero-order chi connectivity index (χ0) is 7.11. The van der Waals surface area contributed by atoms with Crippen molar-refractivity contribution in [2.24, 2.45) is 0 Å². The summed E-state index contributed by atoms with van der Waals surface area (Å²) in [5.74, 6) is 0. The van der Waals surface area contributed by atoms with Crippen molar-refractivity contribution in [2.75, 3.05) is 19.8 Å². The van der Waals surface area contributed by atoms with E-state index in [0.717, 1.165) is 0 Å². The number of hydrogen-bond donors (Lipinski definition) is 2. The second-order valence-corrected chi connectivity index (χ2v) is 1.77. The summed E-state index contributed by atoms with van der Waals surface area (Å²) in [6, 6.07) is 0. The van der Waals surface area contributed by atoms with E-state index in [4.69, 9.17) is 14.9 Å². The maximum atomic E-state index is 8.55. The fraction of sp³-hybridized carbons (Fsp3) is 1.00. The van der Waals surface area contributed by atoms with Gasteiger partial charge >= 0.3 is 0 Å². The van der Waals surface area contributed by atoms with Crippen LogP contribution in [-0.4, -0.2) is 36.1 Å². The Labute approximate surface area is 55.3 Å². The summed E-state index contributed by atoms with van der Waals surface area (Å²) >= 11 is 0. The van der Waals surface area contributed by atoms with Crippen LogP contribution in [0.1, 0.15) is 13.3 Å². The summed E-state index contributed by atoms with van der Waals surface area (Å²) in [7, 11) is 0. The average Bonchev–Trinajstić information content (AvgIpc) is 1.88. The Morgan fingerprint density at radius 3 is 2.44 bits per heavy atom. The fourth-order valence-corrected chi connectivity index (χ4v) is 0.607. The van der Waals surface area contributed by atoms with Crippen LogP contribution >= 0.6 is 0 Å². The van der Waals surface area contributed by atoms with E-state index in [1.165, 1.54) is 0 Å². The van der Waals surface area contributed by atoms with Gasteiger partial charge in [-0.1, -0.05) is 0 Å². The zero-order valence-corrected chi connectivity index (χ0v) is 5.71. The van der Waals surface area contributed by atoms with Crippen LogP contribution in [0.2, 0.25) is 0 Å². The molecule has 0 heterocycles. The molecule has 56 valence electrons. The number of aliphatic hydroxyl groups excluding tert-OH is 2. The predicted octanol–water partition coefficient (Wildman–Crippen LogP) is -0.234. The molecule has 0 aromatic heterocycles. The van der Waals surface area contributed by atoms with Gasteiger partial charge in [0.15, 0.2) is 0 Å². The fourth-order valence-electron chi connectivity index (χ4n) is 0.607. The van der Waals surface area contributed by atoms with Crippen molar-refractivity contribution in [1.82, 2.24) is 0 Å². The Morgan fingerprint density at radius 2 is 2.11 bits per heavy atom. The van der Waals surface area contributed by atoms with E-state index in [9.17, 15) is 0 Å². The minimum Gasteiger partial charge on any atom is -0.396 e. The molecule has 9 heavy (non-hydrogen) atoms. The smallest absolute Gasteiger partial charge is 0.0827 e. The van der Waals surface area contributed by atoms with Gasteiger partial charge in [-0.3, -0.25) is 0 Å². The molecule has 0 aromatic rings. The molecule has 2 N–H and O–H groups in total. The highest BCUT2D eigenvalue weighted by atomic mass is 16.5. The lowest BCUT2D eigenvalue weighted by Gasteiger charge is -2.11. The first-order valence-corrected chi connectivity index (χ1v) is 3.18. The van der Waals surface area contributed by atoms with Crippen molar-refractivity contribution >= 4 is 0 Å². The molecule has 0 aliphatic rings. The summed E-state index contributed by atoms with van der Waals surface area (Å²) in [4.78, 5) is 0. The highest BCUT2D eigenvalue weighted by Crippen LogP contribution is 1.94. The molecule has 0 saturated heterocycles. The molecule has 0 rings (SSSR count). The molecule has 0 bridgehead atoms. The van der Waals surface area contributed by atoms with Gasteiger partial charge in [-0.2, -0.15) is 0 Å². The molecule has 0 amide bonds. The van der Waals surface area contributed by atoms with Gasteiger partial charge in [-0.05, 0) is 13.3 Å². The van der Waals surface area contributed by atoms with Crippen LogP contribution in [0.5, 0.6) is 0 Å². The van der Waals surface area contributed by atoms with E-state index >= 15 is 0 Å². The van der Waals surface area contributed by atoms with E-state index in [1.807, 2.05) is 6.92 Å². The first-order chi connectivity index (χ1) is 4.35. The van der Waals surface area contributed by atoms with Gasteiger partial charge in [-0.15, -0.1) is 0 Å². The SMILES string of the molecule is CCO[C@H](CO)CCO. The Kier molecular flexibility index (Phi) is 5.93. The number of hydrogen-bond acceptors (Lipinski definition) is 3. The van der Waals surface area contributed by atoms with Crippen LogP contribution in [0.4, 0.5) is 0 Å². The molecule has 0 spiro atoms. The third-order valence-electron chi connectivity index (χ3n) is 1.06. The van der Waals surface area contributed by atoms with E-state index in [1.54, 1.807) is 0 Å². The minimum absolute atomic E-state index is 0.00556. The molecule has 3 heteroatoms. The van der Waals surface area contributed by atoms with Gasteiger partial charge in [-0.25, -0.2) is 0 Å². The van der Waals surface area contributed by atoms with Gasteiger partial charge in [0.05, 0.1) is 12.7 Å². The van der Waals surface area contributed by atoms with Crippen LogP contribution in [-0.2, 0) is 4.74 Å². The first-order valence-electron chi connectivity index (χ1n) is 3.18. The molecular weight excluding hydrogens is 120 g/mol. The standard InChI is InChI=1S/C6H14O3/c1-2-9-6(5-8)3-4-7/h6-8H,2-5H2,1H3/t6-/m0/s1. The molecule has 0 aliphatic carbocycles. The average molecular weight is 134 g/mol. The maximum absolute atomic E-state index is 8.55. The Bertz CT molecular complexity index is 50.3. The summed E-state index contributed by atoms with van der Waals surface area (Å²) in [6.07, 6.45) is 0.338. The summed E-state index contributed by atoms with van der Waals surface area (Å²) in [5.41, 5.74) is 0. The second-order valence-electron chi connectivity index (χ2n) is 1.77. The molecule has 0 aliphatic heterocycles. The quantitative estimate of drug-likeness (QED) is 0.546. The zero-order valence-electron chi connectivity index (χ0n) is 5.71. The lowest BCUT2D eigenvalue weighted by Crippen LogP contribution is -2.18. The van der Waals surface area contributed by atoms with E-state index < -0.39 is 0 Å². The van der Waals surface area contributed by atoms with E-state index in [2.05, 4.69) is 0 Å². The van der Waals surface area contributed by atoms with Crippen LogP contribution < -0.4 is 0 Å². The van der Waals surface area contributed by atoms with E-state index in [-0.39, 0.29) is 19.3 Å². The molecule has 0 unspecified atom stereocenters. The van der Waals surface area contributed by atoms with Gasteiger partial charge in [0, 0.05) is 13.2 Å². The largest absolute Gasteiger partial charge is 0.396 e. The topological polar surface area (TPSA) is 49.7 Å². The number of rotatable bonds is 5. The molecule has 0 fully saturated rings. The Morgan fingerprint density at radius 1 is 1.44 bits per heavy atom. The number of aliphatic hydroxyl groups is 2. The van der Waals surface area contributed by atoms with Crippen molar-refractivity contribution < 1.29 is 14.9 Å². The highest BCUT2D eigenvalue weighted by molar-refractivity contribution is 4.52. The molecule has 0 saturated carbocycles. The van der Waals surface area contributed by atoms with Gasteiger partial charge < -0.3 is 14.9 Å². The lowest BCUT2D eigenvalue weighted by molar-refractivity contribution is 0.00570. The lowest BCUT2D eigenvalue weighted by atomic mass is 10.3. The van der Waals surface area contributed by atoms with E-state index in [0.29, 0.717) is 13.0 Å². The maximum Gasteiger partial charge on any atom is 0.0827 e. The normalized spacial score (nSPS) is 13.7. The molecule has 0 aromatic carbocycles. The summed E-state index contributed by atoms with van der Waals surface area (Å²) < 4.78 is 5.02. The van der Waals surface area contributed by atoms with Crippen molar-refractivity contribution in [1.29, 1.82) is 0 Å². The van der Waals surface area contributed by atoms with Crippen LogP contribution in [0.3, 0.4) is 0 Å². The monoisotopic (exact) mass is 134 g/mol. The first kappa shape index (κ1) is 8.88. The molecule has 0 radical (unpaired) electrons. The third kappa shape index (κ3) is 4.39. The second kappa shape index (κ2) is 6.01. The minimum atomic E-state index is -0.181. The number of ether oxygens (including phenoxy) is 1. The molecule has 3 nitrogen and oxygen atoms in total. The van der Waals surface area contributed by atoms with Gasteiger partial charge in [0.2, 0.25) is 0 Å². The summed E-state index contributed by atoms with van der Waals surface area (Å²) in [6.45, 7) is 2.52. The van der Waals surface area contributed by atoms with Crippen LogP contribution in [0.25, 0.3) is 0 Å². The van der Waals surface area contributed by atoms with Crippen molar-refractivity contribution in [2.45, 2.75) is 19.4 Å². The van der Waals surface area contributed by atoms with Crippen LogP contribution in [0.15, 0.2) is 0 Å². The highest BCUT2D eigenvalue weighted by Gasteiger charge is 2.03. The Balaban J connectivity index is 3.18. The predicted molar refractivity (Wildman–Crippen MR) is 34.2 cm³/mol. The van der Waals surface area contributed by atoms with Crippen molar-refractivity contribution in [3.8, 4) is 0 Å². The van der Waals surface area contributed by atoms with Crippen LogP contribution in [0, 0.1) is 0 Å². The molecular formula is C6H14O3. The third-order valence-corrected chi connectivity index (χ3v) is 1.06. The van der Waals surface area contributed by atoms with Gasteiger partial charge in [0.1, 0.15) is 0 Å². The Hall–Kier alpha value is -0.120. The van der Waals surface area contributed by atoms with Crippen molar-refractivity contribution in [3.63, 3.8) is 0 Å². The van der Waals surface area contributed by atoms with Crippen molar-refractivity contribution in [3.05, 3.63) is 0 Å². The van der Waals surface area contributed by atoms with Gasteiger partial charge in [0.25, 0.3) is 0 Å². The summed E-state index contributed by atoms with van der Waals surface area (Å²) in [5, 5.41) is 17.0.